The van der Waals surface area contributed by atoms with Gasteiger partial charge < -0.3 is 0 Å². The maximum Gasteiger partial charge on any atom is 0.0541 e. The monoisotopic (exact) mass is 181 g/mol. The molecule has 10 heavy (non-hydrogen) atoms. The molecule has 0 atom stereocenters. The molecular weight excluding hydrogens is 175 g/mol. The molecule has 0 unspecified atom stereocenters. The van der Waals surface area contributed by atoms with Crippen LogP contribution in [0.25, 0.3) is 0 Å². The van der Waals surface area contributed by atoms with Gasteiger partial charge in [-0.3, -0.25) is 0 Å². The van der Waals surface area contributed by atoms with Crippen LogP contribution >= 0.6 is 23.4 Å². The zero-order valence-corrected chi connectivity index (χ0v) is 9.67. The van der Waals surface area contributed by atoms with Gasteiger partial charge in [-0.05, 0) is 18.4 Å². The summed E-state index contributed by atoms with van der Waals surface area (Å²) in [6.07, 6.45) is 2.02. The van der Waals surface area contributed by atoms with Gasteiger partial charge in [0.15, 0.2) is 0 Å². The van der Waals surface area contributed by atoms with Crippen molar-refractivity contribution in [3.8, 4) is 0 Å². The number of benzene rings is 1. The molecule has 0 nitrogen and oxygen atoms in total. The molecule has 49 valence electrons. The van der Waals surface area contributed by atoms with Crippen molar-refractivity contribution in [2.75, 3.05) is 6.26 Å². The smallest absolute Gasteiger partial charge is 0.0541 e. The van der Waals surface area contributed by atoms with E-state index in [4.69, 9.17) is 11.6 Å². The summed E-state index contributed by atoms with van der Waals surface area (Å²) in [6.45, 7) is 0. The Bertz CT molecular complexity index is 203. The number of hydrogen-bond acceptors (Lipinski definition) is 1. The van der Waals surface area contributed by atoms with Crippen LogP contribution in [-0.2, 0) is 0 Å². The number of halogens is 1. The quantitative estimate of drug-likeness (QED) is 0.474. The zero-order valence-electron chi connectivity index (χ0n) is 6.10. The van der Waals surface area contributed by atoms with Gasteiger partial charge in [0.25, 0.3) is 0 Å². The Morgan fingerprint density at radius 3 is 2.30 bits per heavy atom. The van der Waals surface area contributed by atoms with Crippen molar-refractivity contribution in [1.82, 2.24) is 0 Å². The van der Waals surface area contributed by atoms with E-state index >= 15 is 0 Å². The first-order valence-electron chi connectivity index (χ1n) is 2.63. The second kappa shape index (κ2) is 5.50. The van der Waals surface area contributed by atoms with E-state index in [1.807, 2.05) is 30.5 Å². The van der Waals surface area contributed by atoms with Crippen LogP contribution in [0.3, 0.4) is 0 Å². The second-order valence-electron chi connectivity index (χ2n) is 1.63. The summed E-state index contributed by atoms with van der Waals surface area (Å²) in [7, 11) is 0. The van der Waals surface area contributed by atoms with Gasteiger partial charge in [0, 0.05) is 34.5 Å². The summed E-state index contributed by atoms with van der Waals surface area (Å²) in [5.74, 6) is 0. The van der Waals surface area contributed by atoms with E-state index in [-0.39, 0.29) is 29.6 Å². The summed E-state index contributed by atoms with van der Waals surface area (Å²) < 4.78 is 0. The third-order valence-electron chi connectivity index (χ3n) is 1.06. The topological polar surface area (TPSA) is 0 Å². The van der Waals surface area contributed by atoms with Crippen LogP contribution in [0.2, 0.25) is 5.02 Å². The summed E-state index contributed by atoms with van der Waals surface area (Å²) in [4.78, 5) is 1.14. The molecule has 0 spiro atoms. The van der Waals surface area contributed by atoms with Crippen molar-refractivity contribution < 1.29 is 0 Å². The fraction of sp³-hybridized carbons (Fsp3) is 0.143. The van der Waals surface area contributed by atoms with Crippen LogP contribution in [0.1, 0.15) is 0 Å². The first-order chi connectivity index (χ1) is 4.34. The molecule has 0 aliphatic carbocycles. The van der Waals surface area contributed by atoms with Crippen LogP contribution in [0.15, 0.2) is 29.2 Å². The Morgan fingerprint density at radius 1 is 1.30 bits per heavy atom. The summed E-state index contributed by atoms with van der Waals surface area (Å²) in [5.41, 5.74) is 0. The van der Waals surface area contributed by atoms with Crippen LogP contribution in [-0.4, -0.2) is 35.8 Å². The van der Waals surface area contributed by atoms with Crippen LogP contribution in [0.4, 0.5) is 0 Å². The van der Waals surface area contributed by atoms with Gasteiger partial charge in [-0.2, -0.15) is 0 Å². The molecule has 1 rings (SSSR count). The largest absolute Gasteiger partial charge is 0.128 e. The Morgan fingerprint density at radius 2 is 1.90 bits per heavy atom. The van der Waals surface area contributed by atoms with Crippen LogP contribution in [0.5, 0.6) is 0 Å². The average molecular weight is 182 g/mol. The first-order valence-corrected chi connectivity index (χ1v) is 4.23. The summed E-state index contributed by atoms with van der Waals surface area (Å²) in [6, 6.07) is 7.82. The van der Waals surface area contributed by atoms with Crippen molar-refractivity contribution in [1.29, 1.82) is 0 Å². The molecule has 0 bridgehead atoms. The molecule has 0 aliphatic heterocycles. The summed E-state index contributed by atoms with van der Waals surface area (Å²) >= 11 is 7.47. The third kappa shape index (κ3) is 2.85. The van der Waals surface area contributed by atoms with Gasteiger partial charge in [-0.15, -0.1) is 11.8 Å². The maximum atomic E-state index is 5.80. The fourth-order valence-electron chi connectivity index (χ4n) is 0.610. The van der Waals surface area contributed by atoms with E-state index in [9.17, 15) is 0 Å². The van der Waals surface area contributed by atoms with Crippen molar-refractivity contribution in [2.24, 2.45) is 0 Å². The molecule has 3 heteroatoms. The maximum absolute atomic E-state index is 5.80. The average Bonchev–Trinajstić information content (AvgIpc) is 1.89. The van der Waals surface area contributed by atoms with Crippen LogP contribution < -0.4 is 0 Å². The third-order valence-corrected chi connectivity index (χ3v) is 2.29. The van der Waals surface area contributed by atoms with Gasteiger partial charge >= 0.3 is 0 Å². The molecular formula is C7H7ClNaS. The van der Waals surface area contributed by atoms with E-state index in [1.165, 1.54) is 0 Å². The first kappa shape index (κ1) is 10.9. The van der Waals surface area contributed by atoms with E-state index < -0.39 is 0 Å². The molecule has 0 N–H and O–H groups in total. The van der Waals surface area contributed by atoms with Gasteiger partial charge in [0.2, 0.25) is 0 Å². The predicted molar refractivity (Wildman–Crippen MR) is 49.0 cm³/mol. The van der Waals surface area contributed by atoms with E-state index in [2.05, 4.69) is 0 Å². The minimum absolute atomic E-state index is 0. The molecule has 0 aliphatic rings. The van der Waals surface area contributed by atoms with Gasteiger partial charge in [0.1, 0.15) is 0 Å². The molecule has 0 fully saturated rings. The minimum atomic E-state index is 0. The molecule has 1 aromatic carbocycles. The van der Waals surface area contributed by atoms with E-state index in [0.29, 0.717) is 0 Å². The summed E-state index contributed by atoms with van der Waals surface area (Å²) in [5, 5.41) is 0.838. The molecule has 0 heterocycles. The Hall–Kier alpha value is 0.860. The Balaban J connectivity index is 0.000000810. The van der Waals surface area contributed by atoms with Crippen LogP contribution in [0, 0.1) is 0 Å². The van der Waals surface area contributed by atoms with E-state index in [1.54, 1.807) is 11.8 Å². The number of hydrogen-bond donors (Lipinski definition) is 0. The fourth-order valence-corrected chi connectivity index (χ4v) is 1.46. The Labute approximate surface area is 92.6 Å². The molecule has 0 saturated carbocycles. The van der Waals surface area contributed by atoms with Crippen molar-refractivity contribution in [3.05, 3.63) is 29.3 Å². The predicted octanol–water partition coefficient (Wildman–Crippen LogP) is 2.68. The minimum Gasteiger partial charge on any atom is -0.128 e. The second-order valence-corrected chi connectivity index (χ2v) is 2.89. The van der Waals surface area contributed by atoms with Crippen molar-refractivity contribution in [3.63, 3.8) is 0 Å². The van der Waals surface area contributed by atoms with Crippen molar-refractivity contribution in [2.45, 2.75) is 4.90 Å². The molecule has 0 amide bonds. The normalized spacial score (nSPS) is 8.60. The van der Waals surface area contributed by atoms with Gasteiger partial charge in [0.05, 0.1) is 5.02 Å². The molecule has 0 aromatic heterocycles. The van der Waals surface area contributed by atoms with Crippen molar-refractivity contribution >= 4 is 52.9 Å². The SMILES string of the molecule is CSc1ccccc1Cl.[Na]. The molecule has 0 saturated heterocycles. The Kier molecular flexibility index (Phi) is 5.98. The standard InChI is InChI=1S/C7H7ClS.Na/c1-9-7-5-3-2-4-6(7)8;/h2-5H,1H3;. The number of rotatable bonds is 1. The number of thioether (sulfide) groups is 1. The zero-order chi connectivity index (χ0) is 6.69. The molecule has 1 aromatic rings. The molecule has 1 radical (unpaired) electrons. The van der Waals surface area contributed by atoms with Gasteiger partial charge in [-0.1, -0.05) is 23.7 Å². The van der Waals surface area contributed by atoms with Gasteiger partial charge in [-0.25, -0.2) is 0 Å². The van der Waals surface area contributed by atoms with E-state index in [0.717, 1.165) is 9.92 Å².